The summed E-state index contributed by atoms with van der Waals surface area (Å²) < 4.78 is 1.08. The van der Waals surface area contributed by atoms with E-state index in [-0.39, 0.29) is 12.0 Å². The van der Waals surface area contributed by atoms with Crippen LogP contribution in [0.25, 0.3) is 0 Å². The van der Waals surface area contributed by atoms with Crippen LogP contribution in [0.15, 0.2) is 22.7 Å². The Balaban J connectivity index is 2.01. The fraction of sp³-hybridized carbons (Fsp3) is 0.417. The van der Waals surface area contributed by atoms with Gasteiger partial charge in [0.25, 0.3) is 0 Å². The minimum absolute atomic E-state index is 0.159. The first-order valence-electron chi connectivity index (χ1n) is 5.45. The lowest BCUT2D eigenvalue weighted by Gasteiger charge is -2.21. The van der Waals surface area contributed by atoms with Crippen molar-refractivity contribution in [3.05, 3.63) is 28.2 Å². The van der Waals surface area contributed by atoms with E-state index in [4.69, 9.17) is 0 Å². The molecule has 0 spiro atoms. The van der Waals surface area contributed by atoms with E-state index in [1.165, 1.54) is 11.3 Å². The molecule has 1 saturated heterocycles. The second kappa shape index (κ2) is 3.48. The van der Waals surface area contributed by atoms with Gasteiger partial charge in [-0.15, -0.1) is 0 Å². The van der Waals surface area contributed by atoms with E-state index in [9.17, 15) is 9.90 Å². The van der Waals surface area contributed by atoms with Crippen molar-refractivity contribution in [1.82, 2.24) is 0 Å². The zero-order valence-corrected chi connectivity index (χ0v) is 10.3. The highest BCUT2D eigenvalue weighted by Gasteiger charge is 2.44. The largest absolute Gasteiger partial charge is 0.481 e. The number of carboxylic acid groups (broad SMARTS) is 1. The lowest BCUT2D eigenvalue weighted by Crippen LogP contribution is -2.32. The van der Waals surface area contributed by atoms with Crippen molar-refractivity contribution >= 4 is 27.6 Å². The maximum absolute atomic E-state index is 11.1. The number of para-hydroxylation sites is 1. The van der Waals surface area contributed by atoms with Crippen LogP contribution in [0.1, 0.15) is 12.0 Å². The Morgan fingerprint density at radius 1 is 1.50 bits per heavy atom. The molecule has 0 radical (unpaired) electrons. The van der Waals surface area contributed by atoms with E-state index in [0.29, 0.717) is 0 Å². The third-order valence-corrected chi connectivity index (χ3v) is 4.29. The fourth-order valence-electron chi connectivity index (χ4n) is 2.94. The van der Waals surface area contributed by atoms with Gasteiger partial charge in [0.2, 0.25) is 0 Å². The Bertz CT molecular complexity index is 460. The van der Waals surface area contributed by atoms with Crippen molar-refractivity contribution in [2.24, 2.45) is 5.92 Å². The molecule has 0 aromatic heterocycles. The Hall–Kier alpha value is -1.03. The second-order valence-corrected chi connectivity index (χ2v) is 5.30. The quantitative estimate of drug-likeness (QED) is 0.859. The van der Waals surface area contributed by atoms with Crippen LogP contribution in [0.2, 0.25) is 0 Å². The van der Waals surface area contributed by atoms with Crippen LogP contribution in [-0.2, 0) is 11.2 Å². The van der Waals surface area contributed by atoms with E-state index >= 15 is 0 Å². The number of anilines is 1. The number of nitrogens with zero attached hydrogens (tertiary/aromatic N) is 1. The molecule has 2 aliphatic heterocycles. The summed E-state index contributed by atoms with van der Waals surface area (Å²) in [7, 11) is 0. The Kier molecular flexibility index (Phi) is 2.21. The molecule has 0 bridgehead atoms. The molecule has 2 atom stereocenters. The highest BCUT2D eigenvalue weighted by atomic mass is 79.9. The van der Waals surface area contributed by atoms with Gasteiger partial charge in [-0.25, -0.2) is 0 Å². The smallest absolute Gasteiger partial charge is 0.308 e. The summed E-state index contributed by atoms with van der Waals surface area (Å²) in [6.07, 6.45) is 1.63. The molecule has 3 nitrogen and oxygen atoms in total. The molecule has 2 heterocycles. The normalized spacial score (nSPS) is 26.7. The topological polar surface area (TPSA) is 40.5 Å². The van der Waals surface area contributed by atoms with Crippen molar-refractivity contribution in [2.45, 2.75) is 18.9 Å². The van der Waals surface area contributed by atoms with Gasteiger partial charge in [-0.2, -0.15) is 0 Å². The van der Waals surface area contributed by atoms with Crippen LogP contribution in [0, 0.1) is 5.92 Å². The standard InChI is InChI=1S/C12H12BrNO2/c13-9-3-1-2-7-6-10-8(12(15)16)4-5-14(10)11(7)9/h1-3,8,10H,4-6H2,(H,15,16). The van der Waals surface area contributed by atoms with Gasteiger partial charge in [0.1, 0.15) is 0 Å². The number of aliphatic carboxylic acids is 1. The van der Waals surface area contributed by atoms with Gasteiger partial charge < -0.3 is 10.0 Å². The van der Waals surface area contributed by atoms with Crippen LogP contribution in [0.5, 0.6) is 0 Å². The lowest BCUT2D eigenvalue weighted by atomic mass is 9.97. The monoisotopic (exact) mass is 281 g/mol. The average Bonchev–Trinajstić information content (AvgIpc) is 2.74. The number of hydrogen-bond acceptors (Lipinski definition) is 2. The molecule has 1 aromatic rings. The number of carboxylic acids is 1. The van der Waals surface area contributed by atoms with Gasteiger partial charge >= 0.3 is 5.97 Å². The molecule has 0 saturated carbocycles. The first kappa shape index (κ1) is 10.1. The number of rotatable bonds is 1. The van der Waals surface area contributed by atoms with Crippen molar-refractivity contribution in [3.8, 4) is 0 Å². The maximum atomic E-state index is 11.1. The van der Waals surface area contributed by atoms with Gasteiger partial charge in [0.15, 0.2) is 0 Å². The summed E-state index contributed by atoms with van der Waals surface area (Å²) >= 11 is 3.55. The van der Waals surface area contributed by atoms with Gasteiger partial charge in [-0.05, 0) is 40.4 Å². The second-order valence-electron chi connectivity index (χ2n) is 4.45. The van der Waals surface area contributed by atoms with E-state index in [0.717, 1.165) is 23.9 Å². The molecule has 3 rings (SSSR count). The van der Waals surface area contributed by atoms with Crippen molar-refractivity contribution in [3.63, 3.8) is 0 Å². The molecule has 0 aliphatic carbocycles. The minimum atomic E-state index is -0.656. The molecule has 1 aromatic carbocycles. The lowest BCUT2D eigenvalue weighted by molar-refractivity contribution is -0.141. The molecule has 84 valence electrons. The third kappa shape index (κ3) is 1.29. The van der Waals surface area contributed by atoms with E-state index in [2.05, 4.69) is 26.9 Å². The first-order chi connectivity index (χ1) is 7.68. The van der Waals surface area contributed by atoms with Crippen molar-refractivity contribution in [2.75, 3.05) is 11.4 Å². The summed E-state index contributed by atoms with van der Waals surface area (Å²) in [5.74, 6) is -0.865. The molecule has 0 amide bonds. The van der Waals surface area contributed by atoms with Crippen LogP contribution in [0.4, 0.5) is 5.69 Å². The third-order valence-electron chi connectivity index (χ3n) is 3.65. The number of carbonyl (C=O) groups is 1. The molecule has 4 heteroatoms. The summed E-state index contributed by atoms with van der Waals surface area (Å²) in [4.78, 5) is 13.4. The van der Waals surface area contributed by atoms with Gasteiger partial charge in [0.05, 0.1) is 11.6 Å². The average molecular weight is 282 g/mol. The molecule has 2 unspecified atom stereocenters. The molecular formula is C12H12BrNO2. The number of fused-ring (bicyclic) bond motifs is 3. The van der Waals surface area contributed by atoms with Gasteiger partial charge in [0, 0.05) is 17.1 Å². The molecule has 1 N–H and O–H groups in total. The number of benzene rings is 1. The SMILES string of the molecule is O=C(O)C1CCN2c3c(Br)cccc3CC12. The molecular weight excluding hydrogens is 270 g/mol. The van der Waals surface area contributed by atoms with E-state index in [1.807, 2.05) is 12.1 Å². The summed E-state index contributed by atoms with van der Waals surface area (Å²) in [5.41, 5.74) is 2.47. The Morgan fingerprint density at radius 3 is 3.06 bits per heavy atom. The van der Waals surface area contributed by atoms with E-state index < -0.39 is 5.97 Å². The molecule has 2 aliphatic rings. The van der Waals surface area contributed by atoms with Crippen LogP contribution in [-0.4, -0.2) is 23.7 Å². The fourth-order valence-corrected chi connectivity index (χ4v) is 3.58. The van der Waals surface area contributed by atoms with Crippen molar-refractivity contribution in [1.29, 1.82) is 0 Å². The highest BCUT2D eigenvalue weighted by molar-refractivity contribution is 9.10. The molecule has 16 heavy (non-hydrogen) atoms. The van der Waals surface area contributed by atoms with Crippen LogP contribution in [0.3, 0.4) is 0 Å². The van der Waals surface area contributed by atoms with Crippen LogP contribution < -0.4 is 4.90 Å². The molecule has 1 fully saturated rings. The van der Waals surface area contributed by atoms with Crippen molar-refractivity contribution < 1.29 is 9.90 Å². The Morgan fingerprint density at radius 2 is 2.31 bits per heavy atom. The number of hydrogen-bond donors (Lipinski definition) is 1. The maximum Gasteiger partial charge on any atom is 0.308 e. The minimum Gasteiger partial charge on any atom is -0.481 e. The summed E-state index contributed by atoms with van der Waals surface area (Å²) in [6.45, 7) is 0.858. The Labute approximate surface area is 102 Å². The highest BCUT2D eigenvalue weighted by Crippen LogP contribution is 2.44. The summed E-state index contributed by atoms with van der Waals surface area (Å²) in [6, 6.07) is 6.29. The predicted octanol–water partition coefficient (Wildman–Crippen LogP) is 2.28. The summed E-state index contributed by atoms with van der Waals surface area (Å²) in [5, 5.41) is 9.17. The predicted molar refractivity (Wildman–Crippen MR) is 64.7 cm³/mol. The zero-order chi connectivity index (χ0) is 11.3. The van der Waals surface area contributed by atoms with E-state index in [1.54, 1.807) is 0 Å². The van der Waals surface area contributed by atoms with Gasteiger partial charge in [-0.1, -0.05) is 12.1 Å². The van der Waals surface area contributed by atoms with Gasteiger partial charge in [-0.3, -0.25) is 4.79 Å². The number of halogens is 1. The van der Waals surface area contributed by atoms with Crippen LogP contribution >= 0.6 is 15.9 Å². The zero-order valence-electron chi connectivity index (χ0n) is 8.69. The first-order valence-corrected chi connectivity index (χ1v) is 6.24.